The van der Waals surface area contributed by atoms with E-state index < -0.39 is 11.6 Å². The molecule has 4 rings (SSSR count). The Bertz CT molecular complexity index is 1050. The van der Waals surface area contributed by atoms with Crippen LogP contribution in [0.1, 0.15) is 75.9 Å². The average Bonchev–Trinajstić information content (AvgIpc) is 2.94. The largest absolute Gasteiger partial charge is 0.497 e. The second-order valence-electron chi connectivity index (χ2n) is 11.2. The van der Waals surface area contributed by atoms with Crippen LogP contribution in [0, 0.1) is 11.3 Å². The van der Waals surface area contributed by atoms with Crippen molar-refractivity contribution in [1.29, 1.82) is 0 Å². The predicted octanol–water partition coefficient (Wildman–Crippen LogP) is 5.66. The summed E-state index contributed by atoms with van der Waals surface area (Å²) < 4.78 is 21.5. The molecule has 1 amide bonds. The number of piperidine rings is 1. The highest BCUT2D eigenvalue weighted by molar-refractivity contribution is 5.88. The number of ether oxygens (including phenoxy) is 1. The molecule has 1 unspecified atom stereocenters. The predicted molar refractivity (Wildman–Crippen MR) is 145 cm³/mol. The summed E-state index contributed by atoms with van der Waals surface area (Å²) in [5, 5.41) is 10.3. The van der Waals surface area contributed by atoms with Gasteiger partial charge in [0.15, 0.2) is 0 Å². The van der Waals surface area contributed by atoms with Gasteiger partial charge in [0.2, 0.25) is 5.91 Å². The Hall–Kier alpha value is -2.45. The first kappa shape index (κ1) is 27.6. The summed E-state index contributed by atoms with van der Waals surface area (Å²) in [7, 11) is 5.35. The van der Waals surface area contributed by atoms with Crippen molar-refractivity contribution in [2.24, 2.45) is 11.3 Å². The molecule has 2 aromatic rings. The van der Waals surface area contributed by atoms with E-state index in [-0.39, 0.29) is 12.3 Å². The fraction of sp³-hybridized carbons (Fsp3) is 0.655. The third-order valence-electron chi connectivity index (χ3n) is 8.74. The van der Waals surface area contributed by atoms with Gasteiger partial charge in [0, 0.05) is 25.0 Å². The standard InChI is InChI=1S/C29H43FN4O3/c1-33(2)26-20-31-25-10-9-22(37-3)19-23(25)27(26)24(30)11-13-29(28(35)32-36)14-17-34(18-15-29)16-12-21-7-5-4-6-8-21/h9-10,19-21,24,36H,4-8,11-18H2,1-3H3,(H,32,35). The second kappa shape index (κ2) is 12.4. The van der Waals surface area contributed by atoms with E-state index in [0.717, 1.165) is 30.9 Å². The van der Waals surface area contributed by atoms with Gasteiger partial charge in [-0.25, -0.2) is 9.87 Å². The number of pyridine rings is 1. The quantitative estimate of drug-likeness (QED) is 0.315. The van der Waals surface area contributed by atoms with Crippen LogP contribution in [0.4, 0.5) is 10.1 Å². The number of nitrogens with one attached hydrogen (secondary N) is 1. The number of alkyl halides is 1. The topological polar surface area (TPSA) is 77.9 Å². The van der Waals surface area contributed by atoms with Crippen LogP contribution < -0.4 is 15.1 Å². The number of amides is 1. The summed E-state index contributed by atoms with van der Waals surface area (Å²) >= 11 is 0. The van der Waals surface area contributed by atoms with Crippen molar-refractivity contribution in [3.05, 3.63) is 30.0 Å². The fourth-order valence-electron chi connectivity index (χ4n) is 6.30. The van der Waals surface area contributed by atoms with E-state index in [4.69, 9.17) is 4.74 Å². The lowest BCUT2D eigenvalue weighted by Crippen LogP contribution is -2.48. The van der Waals surface area contributed by atoms with Gasteiger partial charge in [0.1, 0.15) is 11.9 Å². The maximum atomic E-state index is 16.1. The van der Waals surface area contributed by atoms with Gasteiger partial charge in [-0.05, 0) is 75.9 Å². The molecular formula is C29H43FN4O3. The number of carbonyl (C=O) groups is 1. The number of rotatable bonds is 10. The van der Waals surface area contributed by atoms with Gasteiger partial charge >= 0.3 is 0 Å². The number of likely N-dealkylation sites (tertiary alicyclic amines) is 1. The minimum atomic E-state index is -1.29. The molecule has 8 heteroatoms. The number of hydroxylamine groups is 1. The van der Waals surface area contributed by atoms with E-state index in [0.29, 0.717) is 41.8 Å². The zero-order valence-corrected chi connectivity index (χ0v) is 22.6. The third kappa shape index (κ3) is 6.34. The van der Waals surface area contributed by atoms with E-state index in [9.17, 15) is 10.0 Å². The first-order chi connectivity index (χ1) is 17.9. The SMILES string of the molecule is COc1ccc2ncc(N(C)C)c(C(F)CCC3(C(=O)NO)CCN(CCC4CCCCC4)CC3)c2c1. The van der Waals surface area contributed by atoms with Crippen molar-refractivity contribution in [2.45, 2.75) is 70.4 Å². The molecule has 2 heterocycles. The van der Waals surface area contributed by atoms with Crippen molar-refractivity contribution >= 4 is 22.5 Å². The molecule has 1 saturated carbocycles. The zero-order valence-electron chi connectivity index (χ0n) is 22.6. The van der Waals surface area contributed by atoms with Gasteiger partial charge in [-0.2, -0.15) is 0 Å². The summed E-state index contributed by atoms with van der Waals surface area (Å²) in [6, 6.07) is 5.50. The van der Waals surface area contributed by atoms with E-state index in [1.54, 1.807) is 13.3 Å². The highest BCUT2D eigenvalue weighted by Crippen LogP contribution is 2.43. The minimum absolute atomic E-state index is 0.187. The van der Waals surface area contributed by atoms with Crippen molar-refractivity contribution in [3.63, 3.8) is 0 Å². The summed E-state index contributed by atoms with van der Waals surface area (Å²) in [5.74, 6) is 1.09. The number of hydrogen-bond donors (Lipinski definition) is 2. The Morgan fingerprint density at radius 2 is 2.00 bits per heavy atom. The molecule has 2 aliphatic rings. The summed E-state index contributed by atoms with van der Waals surface area (Å²) in [4.78, 5) is 21.7. The smallest absolute Gasteiger partial charge is 0.249 e. The lowest BCUT2D eigenvalue weighted by atomic mass is 9.73. The lowest BCUT2D eigenvalue weighted by molar-refractivity contribution is -0.143. The monoisotopic (exact) mass is 514 g/mol. The molecule has 1 aliphatic carbocycles. The van der Waals surface area contributed by atoms with Crippen molar-refractivity contribution in [1.82, 2.24) is 15.4 Å². The Morgan fingerprint density at radius 1 is 1.27 bits per heavy atom. The van der Waals surface area contributed by atoms with Crippen LogP contribution in [0.15, 0.2) is 24.4 Å². The molecule has 1 atom stereocenters. The molecule has 2 N–H and O–H groups in total. The van der Waals surface area contributed by atoms with Crippen molar-refractivity contribution in [3.8, 4) is 5.75 Å². The Morgan fingerprint density at radius 3 is 2.65 bits per heavy atom. The number of nitrogens with zero attached hydrogens (tertiary/aromatic N) is 3. The highest BCUT2D eigenvalue weighted by atomic mass is 19.1. The molecule has 0 radical (unpaired) electrons. The zero-order chi connectivity index (χ0) is 26.4. The van der Waals surface area contributed by atoms with Gasteiger partial charge in [-0.1, -0.05) is 32.1 Å². The van der Waals surface area contributed by atoms with Gasteiger partial charge in [-0.15, -0.1) is 0 Å². The average molecular weight is 515 g/mol. The first-order valence-electron chi connectivity index (χ1n) is 13.8. The Balaban J connectivity index is 1.47. The van der Waals surface area contributed by atoms with Gasteiger partial charge < -0.3 is 14.5 Å². The van der Waals surface area contributed by atoms with Crippen LogP contribution in [-0.4, -0.2) is 61.8 Å². The summed E-state index contributed by atoms with van der Waals surface area (Å²) in [6.07, 6.45) is 10.2. The molecular weight excluding hydrogens is 471 g/mol. The fourth-order valence-corrected chi connectivity index (χ4v) is 6.30. The van der Waals surface area contributed by atoms with Crippen LogP contribution in [0.25, 0.3) is 10.9 Å². The molecule has 2 fully saturated rings. The molecule has 0 bridgehead atoms. The first-order valence-corrected chi connectivity index (χ1v) is 13.8. The number of benzene rings is 1. The van der Waals surface area contributed by atoms with Gasteiger partial charge in [-0.3, -0.25) is 15.0 Å². The number of halogens is 1. The van der Waals surface area contributed by atoms with Gasteiger partial charge in [0.25, 0.3) is 0 Å². The second-order valence-corrected chi connectivity index (χ2v) is 11.2. The Kier molecular flexibility index (Phi) is 9.24. The van der Waals surface area contributed by atoms with E-state index in [1.807, 2.05) is 42.7 Å². The van der Waals surface area contributed by atoms with Crippen LogP contribution in [0.2, 0.25) is 0 Å². The molecule has 37 heavy (non-hydrogen) atoms. The van der Waals surface area contributed by atoms with Crippen LogP contribution in [-0.2, 0) is 4.79 Å². The van der Waals surface area contributed by atoms with E-state index >= 15 is 4.39 Å². The van der Waals surface area contributed by atoms with Crippen LogP contribution in [0.5, 0.6) is 5.75 Å². The minimum Gasteiger partial charge on any atom is -0.497 e. The third-order valence-corrected chi connectivity index (χ3v) is 8.74. The number of aromatic nitrogens is 1. The number of anilines is 1. The number of hydrogen-bond acceptors (Lipinski definition) is 6. The molecule has 1 aromatic carbocycles. The van der Waals surface area contributed by atoms with E-state index in [2.05, 4.69) is 9.88 Å². The molecule has 1 aromatic heterocycles. The van der Waals surface area contributed by atoms with Gasteiger partial charge in [0.05, 0.1) is 29.9 Å². The maximum Gasteiger partial charge on any atom is 0.249 e. The molecule has 1 saturated heterocycles. The molecule has 7 nitrogen and oxygen atoms in total. The van der Waals surface area contributed by atoms with E-state index in [1.165, 1.54) is 38.5 Å². The number of fused-ring (bicyclic) bond motifs is 1. The van der Waals surface area contributed by atoms with Crippen molar-refractivity contribution < 1.29 is 19.1 Å². The lowest BCUT2D eigenvalue weighted by Gasteiger charge is -2.41. The normalized spacial score (nSPS) is 19.5. The molecule has 204 valence electrons. The van der Waals surface area contributed by atoms with Crippen molar-refractivity contribution in [2.75, 3.05) is 45.7 Å². The maximum absolute atomic E-state index is 16.1. The summed E-state index contributed by atoms with van der Waals surface area (Å²) in [6.45, 7) is 2.66. The Labute approximate surface area is 220 Å². The molecule has 0 spiro atoms. The highest BCUT2D eigenvalue weighted by Gasteiger charge is 2.42. The van der Waals surface area contributed by atoms with Crippen LogP contribution in [0.3, 0.4) is 0 Å². The molecule has 1 aliphatic heterocycles. The number of carbonyl (C=O) groups excluding carboxylic acids is 1. The van der Waals surface area contributed by atoms with Crippen LogP contribution >= 0.6 is 0 Å². The number of methoxy groups -OCH3 is 1. The summed E-state index contributed by atoms with van der Waals surface area (Å²) in [5.41, 5.74) is 3.12.